The largest absolute Gasteiger partial charge is 0.494 e. The lowest BCUT2D eigenvalue weighted by Gasteiger charge is -2.29. The molecule has 0 bridgehead atoms. The number of H-pyrrole nitrogens is 2. The van der Waals surface area contributed by atoms with Gasteiger partial charge in [0.15, 0.2) is 0 Å². The number of nitrogens with one attached hydrogen (secondary N) is 4. The van der Waals surface area contributed by atoms with Crippen molar-refractivity contribution in [3.05, 3.63) is 200 Å². The third kappa shape index (κ3) is 14.5. The van der Waals surface area contributed by atoms with Gasteiger partial charge >= 0.3 is 0 Å². The van der Waals surface area contributed by atoms with Gasteiger partial charge in [0.05, 0.1) is 12.7 Å². The maximum Gasteiger partial charge on any atom is 0.120 e. The average Bonchev–Trinajstić information content (AvgIpc) is 1.60. The first-order chi connectivity index (χ1) is 46.7. The zero-order valence-electron chi connectivity index (χ0n) is 58.0. The Morgan fingerprint density at radius 2 is 0.990 bits per heavy atom. The molecule has 5 unspecified atom stereocenters. The van der Waals surface area contributed by atoms with Crippen LogP contribution in [0.4, 0.5) is 0 Å². The number of hydrogen-bond donors (Lipinski definition) is 4. The number of fused-ring (bicyclic) bond motifs is 12. The van der Waals surface area contributed by atoms with E-state index in [0.29, 0.717) is 24.1 Å². The van der Waals surface area contributed by atoms with Gasteiger partial charge in [-0.05, 0) is 312 Å². The Kier molecular flexibility index (Phi) is 21.0. The molecule has 0 saturated heterocycles. The maximum atomic E-state index is 6.33. The fourth-order valence-electron chi connectivity index (χ4n) is 18.8. The zero-order chi connectivity index (χ0) is 64.2. The minimum absolute atomic E-state index is 0. The van der Waals surface area contributed by atoms with E-state index in [2.05, 4.69) is 173 Å². The van der Waals surface area contributed by atoms with Crippen LogP contribution in [0.25, 0.3) is 43.6 Å². The minimum Gasteiger partial charge on any atom is -0.494 e. The van der Waals surface area contributed by atoms with E-state index < -0.39 is 0 Å². The van der Waals surface area contributed by atoms with Crippen LogP contribution in [0.2, 0.25) is 0 Å². The van der Waals surface area contributed by atoms with E-state index in [1.165, 1.54) is 257 Å². The summed E-state index contributed by atoms with van der Waals surface area (Å²) < 4.78 is 17.5. The molecule has 4 N–H and O–H groups in total. The monoisotopic (exact) mass is 1280 g/mol. The summed E-state index contributed by atoms with van der Waals surface area (Å²) in [7, 11) is 0. The molecule has 2 saturated carbocycles. The van der Waals surface area contributed by atoms with E-state index >= 15 is 0 Å². The minimum atomic E-state index is 0. The second-order valence-corrected chi connectivity index (χ2v) is 30.5. The quantitative estimate of drug-likeness (QED) is 0.0818. The van der Waals surface area contributed by atoms with E-state index in [1.54, 1.807) is 33.5 Å². The summed E-state index contributed by atoms with van der Waals surface area (Å²) in [4.78, 5) is 7.38. The van der Waals surface area contributed by atoms with Crippen molar-refractivity contribution >= 4 is 43.6 Å². The fourth-order valence-corrected chi connectivity index (χ4v) is 18.8. The number of aryl methyl sites for hydroxylation is 9. The molecule has 5 atom stereocenters. The number of aromatic amines is 2. The molecule has 506 valence electrons. The Balaban J connectivity index is 0.000000110. The second kappa shape index (κ2) is 30.4. The molecule has 0 spiro atoms. The topological polar surface area (TPSA) is 84.0 Å². The van der Waals surface area contributed by atoms with Crippen LogP contribution in [-0.4, -0.2) is 44.9 Å². The molecule has 18 rings (SSSR count). The van der Waals surface area contributed by atoms with Crippen LogP contribution in [0, 0.1) is 26.7 Å². The summed E-state index contributed by atoms with van der Waals surface area (Å²) in [6.07, 6.45) is 35.9. The van der Waals surface area contributed by atoms with Crippen LogP contribution in [0.5, 0.6) is 11.5 Å². The van der Waals surface area contributed by atoms with E-state index in [-0.39, 0.29) is 7.43 Å². The normalized spacial score (nSPS) is 20.7. The van der Waals surface area contributed by atoms with E-state index in [1.807, 2.05) is 12.1 Å². The molecule has 0 amide bonds. The predicted octanol–water partition coefficient (Wildman–Crippen LogP) is 22.3. The number of hydrogen-bond acceptors (Lipinski definition) is 4. The summed E-state index contributed by atoms with van der Waals surface area (Å²) in [6.45, 7) is 14.1. The summed E-state index contributed by atoms with van der Waals surface area (Å²) in [5, 5.41) is 13.5. The first-order valence-electron chi connectivity index (χ1n) is 38.1. The Hall–Kier alpha value is -7.00. The van der Waals surface area contributed by atoms with Crippen LogP contribution < -0.4 is 20.1 Å². The molecule has 8 nitrogen and oxygen atoms in total. The Labute approximate surface area is 574 Å². The van der Waals surface area contributed by atoms with Crippen LogP contribution in [0.15, 0.2) is 127 Å². The molecule has 2 fully saturated rings. The van der Waals surface area contributed by atoms with Crippen molar-refractivity contribution in [2.24, 2.45) is 5.92 Å². The van der Waals surface area contributed by atoms with E-state index in [9.17, 15) is 0 Å². The Morgan fingerprint density at radius 3 is 1.61 bits per heavy atom. The highest BCUT2D eigenvalue weighted by atomic mass is 16.5. The zero-order valence-corrected chi connectivity index (χ0v) is 58.0. The van der Waals surface area contributed by atoms with Gasteiger partial charge in [-0.15, -0.1) is 0 Å². The first-order valence-corrected chi connectivity index (χ1v) is 38.1. The third-order valence-corrected chi connectivity index (χ3v) is 23.6. The number of benzene rings is 6. The lowest BCUT2D eigenvalue weighted by Crippen LogP contribution is -2.29. The molecule has 4 aromatic heterocycles. The highest BCUT2D eigenvalue weighted by Crippen LogP contribution is 2.47. The summed E-state index contributed by atoms with van der Waals surface area (Å²) in [5.74, 6) is 5.23. The predicted molar refractivity (Wildman–Crippen MR) is 403 cm³/mol. The van der Waals surface area contributed by atoms with Gasteiger partial charge in [-0.1, -0.05) is 111 Å². The molecule has 6 heterocycles. The number of ether oxygens (including phenoxy) is 2. The Bertz CT molecular complexity index is 4220. The smallest absolute Gasteiger partial charge is 0.120 e. The molecule has 6 aliphatic carbocycles. The molecule has 6 aromatic carbocycles. The standard InChI is InChI=1S/C23H28N2O.C23H28N2.C21H27NO.C20H25N.CH4/c1-16-7-10-18(11-8-16)26-14-4-13-24-22-6-3-5-19-20-15-17(2)9-12-21(20)25-23(19)22;1-16-11-12-21-20(14-16)19-9-6-10-22(23(19)25-21)24-15-17(2)13-18-7-4-3-5-8-18;1-2-8-16(9-3-1)23-17-11-12-20-19(14-17)18-10-4-6-15-7-5-13-22(20)21(15)18;1-2-6-14(5-1)16-10-11-19-18(13-16)17-9-3-7-15-8-4-12-21(19)20(15)17;/h7-12,15,22,24-25H,3-6,13-14H2,1-2H3;3-5,7-8,11-12,14,17,22,24-25H,6,9-10,13,15H2,1-2H3;11-12,14-16H,1-10,13H2;10-11,13-15H,1-9,12H2;1H4. The lowest BCUT2D eigenvalue weighted by atomic mass is 9.82. The average molecular weight is 1290 g/mol. The van der Waals surface area contributed by atoms with Gasteiger partial charge in [0, 0.05) is 91.6 Å². The molecule has 0 radical (unpaired) electrons. The maximum absolute atomic E-state index is 6.33. The SMILES string of the molecule is C.Cc1ccc(OCCCNC2CCCc3c2[nH]c2ccc(C)cc32)cc1.Cc1ccc2[nH]c3c(c2c1)CCCC3NCC(C)Cc1ccccc1.c1cc2c(cc1C1CCCC1)c1c3n2CCCC3CCC1.c1cc2c(cc1OC1CCCCC1)c1c3n2CCCC3CCC1. The van der Waals surface area contributed by atoms with Crippen molar-refractivity contribution in [2.75, 3.05) is 19.7 Å². The molecule has 8 heteroatoms. The summed E-state index contributed by atoms with van der Waals surface area (Å²) >= 11 is 0. The van der Waals surface area contributed by atoms with Gasteiger partial charge in [0.25, 0.3) is 0 Å². The molecule has 8 aliphatic rings. The van der Waals surface area contributed by atoms with Crippen LogP contribution in [0.3, 0.4) is 0 Å². The van der Waals surface area contributed by atoms with Crippen molar-refractivity contribution in [1.82, 2.24) is 29.7 Å². The van der Waals surface area contributed by atoms with Gasteiger partial charge in [0.1, 0.15) is 11.5 Å². The second-order valence-electron chi connectivity index (χ2n) is 30.5. The lowest BCUT2D eigenvalue weighted by molar-refractivity contribution is 0.155. The third-order valence-electron chi connectivity index (χ3n) is 23.6. The number of aromatic nitrogens is 4. The molecule has 2 aliphatic heterocycles. The van der Waals surface area contributed by atoms with Gasteiger partial charge in [-0.2, -0.15) is 0 Å². The summed E-state index contributed by atoms with van der Waals surface area (Å²) in [5.41, 5.74) is 25.2. The van der Waals surface area contributed by atoms with Crippen LogP contribution in [0.1, 0.15) is 258 Å². The summed E-state index contributed by atoms with van der Waals surface area (Å²) in [6, 6.07) is 47.9. The van der Waals surface area contributed by atoms with Crippen molar-refractivity contribution < 1.29 is 9.47 Å². The van der Waals surface area contributed by atoms with Crippen molar-refractivity contribution in [2.45, 2.75) is 258 Å². The van der Waals surface area contributed by atoms with Gasteiger partial charge in [0.2, 0.25) is 0 Å². The van der Waals surface area contributed by atoms with Gasteiger partial charge < -0.3 is 39.2 Å². The molecule has 96 heavy (non-hydrogen) atoms. The molecular formula is C88H112N6O2. The first kappa shape index (κ1) is 66.2. The van der Waals surface area contributed by atoms with Crippen molar-refractivity contribution in [3.8, 4) is 11.5 Å². The number of nitrogens with zero attached hydrogens (tertiary/aromatic N) is 2. The molecule has 10 aromatic rings. The Morgan fingerprint density at radius 1 is 0.469 bits per heavy atom. The molecular weight excluding hydrogens is 1170 g/mol. The van der Waals surface area contributed by atoms with Crippen molar-refractivity contribution in [1.29, 1.82) is 0 Å². The van der Waals surface area contributed by atoms with Crippen LogP contribution >= 0.6 is 0 Å². The highest BCUT2D eigenvalue weighted by molar-refractivity contribution is 5.89. The van der Waals surface area contributed by atoms with E-state index in [0.717, 1.165) is 61.8 Å². The van der Waals surface area contributed by atoms with E-state index in [4.69, 9.17) is 9.47 Å². The van der Waals surface area contributed by atoms with Gasteiger partial charge in [-0.25, -0.2) is 0 Å². The van der Waals surface area contributed by atoms with Gasteiger partial charge in [-0.3, -0.25) is 0 Å². The number of rotatable bonds is 14. The van der Waals surface area contributed by atoms with Crippen LogP contribution in [-0.2, 0) is 45.2 Å². The van der Waals surface area contributed by atoms with Crippen molar-refractivity contribution in [3.63, 3.8) is 0 Å². The fraction of sp³-hybridized carbons (Fsp3) is 0.500. The highest BCUT2D eigenvalue weighted by Gasteiger charge is 2.33.